The largest absolute Gasteiger partial charge is 0.508 e. The second kappa shape index (κ2) is 6.97. The Morgan fingerprint density at radius 3 is 2.57 bits per heavy atom. The summed E-state index contributed by atoms with van der Waals surface area (Å²) in [6.45, 7) is 10.6. The van der Waals surface area contributed by atoms with Crippen LogP contribution in [0.3, 0.4) is 0 Å². The van der Waals surface area contributed by atoms with Crippen LogP contribution in [0.2, 0.25) is 24.7 Å². The molecule has 2 nitrogen and oxygen atoms in total. The Bertz CT molecular complexity index is 441. The van der Waals surface area contributed by atoms with Gasteiger partial charge in [0.2, 0.25) is 0 Å². The number of hydrogen-bond donors (Lipinski definition) is 1. The average Bonchev–Trinajstić information content (AvgIpc) is 2.94. The van der Waals surface area contributed by atoms with Gasteiger partial charge < -0.3 is 9.84 Å². The van der Waals surface area contributed by atoms with Crippen LogP contribution in [-0.2, 0) is 4.74 Å². The van der Waals surface area contributed by atoms with Crippen molar-refractivity contribution in [3.8, 4) is 5.75 Å². The minimum absolute atomic E-state index is 0.343. The lowest BCUT2D eigenvalue weighted by Crippen LogP contribution is -2.31. The van der Waals surface area contributed by atoms with Crippen LogP contribution in [0.1, 0.15) is 44.6 Å². The predicted octanol–water partition coefficient (Wildman–Crippen LogP) is 5.16. The Hall–Kier alpha value is -0.803. The van der Waals surface area contributed by atoms with Crippen LogP contribution in [0.15, 0.2) is 24.3 Å². The van der Waals surface area contributed by atoms with E-state index in [1.54, 1.807) is 12.1 Å². The standard InChI is InChI=1S/C18H30O2Si/c1-5-14(2)21(3,4)11-10-18-12-16(13-20-18)15-6-8-17(19)9-7-15/h6-9,14,16,18-19H,5,10-13H2,1-4H3/t14?,16-,18+/m1/s1. The van der Waals surface area contributed by atoms with Gasteiger partial charge in [0.15, 0.2) is 0 Å². The lowest BCUT2D eigenvalue weighted by molar-refractivity contribution is 0.106. The summed E-state index contributed by atoms with van der Waals surface area (Å²) in [6, 6.07) is 8.99. The molecule has 1 heterocycles. The number of aromatic hydroxyl groups is 1. The third-order valence-electron chi connectivity index (χ3n) is 5.50. The molecule has 2 rings (SSSR count). The molecule has 1 aliphatic rings. The summed E-state index contributed by atoms with van der Waals surface area (Å²) in [5.74, 6) is 0.847. The zero-order valence-electron chi connectivity index (χ0n) is 13.9. The van der Waals surface area contributed by atoms with Crippen molar-refractivity contribution in [3.63, 3.8) is 0 Å². The summed E-state index contributed by atoms with van der Waals surface area (Å²) >= 11 is 0. The van der Waals surface area contributed by atoms with E-state index in [1.807, 2.05) is 12.1 Å². The van der Waals surface area contributed by atoms with Crippen LogP contribution in [0, 0.1) is 0 Å². The van der Waals surface area contributed by atoms with Crippen molar-refractivity contribution < 1.29 is 9.84 Å². The van der Waals surface area contributed by atoms with Gasteiger partial charge in [-0.2, -0.15) is 0 Å². The van der Waals surface area contributed by atoms with Gasteiger partial charge in [-0.3, -0.25) is 0 Å². The summed E-state index contributed by atoms with van der Waals surface area (Å²) in [4.78, 5) is 0. The van der Waals surface area contributed by atoms with E-state index >= 15 is 0 Å². The van der Waals surface area contributed by atoms with Crippen LogP contribution in [0.4, 0.5) is 0 Å². The smallest absolute Gasteiger partial charge is 0.115 e. The van der Waals surface area contributed by atoms with Crippen LogP contribution < -0.4 is 0 Å². The lowest BCUT2D eigenvalue weighted by atomic mass is 9.96. The molecule has 1 aliphatic heterocycles. The number of ether oxygens (including phenoxy) is 1. The van der Waals surface area contributed by atoms with Gasteiger partial charge in [0, 0.05) is 5.92 Å². The number of rotatable bonds is 6. The highest BCUT2D eigenvalue weighted by Gasteiger charge is 2.31. The molecule has 1 aromatic rings. The fraction of sp³-hybridized carbons (Fsp3) is 0.667. The highest BCUT2D eigenvalue weighted by Crippen LogP contribution is 2.35. The summed E-state index contributed by atoms with van der Waals surface area (Å²) in [6.07, 6.45) is 4.09. The fourth-order valence-electron chi connectivity index (χ4n) is 3.22. The first-order valence-corrected chi connectivity index (χ1v) is 11.6. The molecule has 1 N–H and O–H groups in total. The summed E-state index contributed by atoms with van der Waals surface area (Å²) in [7, 11) is -1.10. The minimum atomic E-state index is -1.10. The minimum Gasteiger partial charge on any atom is -0.508 e. The second-order valence-corrected chi connectivity index (χ2v) is 12.8. The molecule has 1 fully saturated rings. The molecular formula is C18H30O2Si. The molecule has 0 radical (unpaired) electrons. The molecule has 0 aliphatic carbocycles. The van der Waals surface area contributed by atoms with E-state index in [2.05, 4.69) is 26.9 Å². The third-order valence-corrected chi connectivity index (χ3v) is 10.2. The zero-order chi connectivity index (χ0) is 15.5. The summed E-state index contributed by atoms with van der Waals surface area (Å²) in [5, 5.41) is 9.37. The van der Waals surface area contributed by atoms with Gasteiger partial charge in [-0.15, -0.1) is 0 Å². The number of hydrogen-bond acceptors (Lipinski definition) is 2. The SMILES string of the molecule is CCC(C)[Si](C)(C)CC[C@H]1C[C@@H](c2ccc(O)cc2)CO1. The Morgan fingerprint density at radius 1 is 1.29 bits per heavy atom. The van der Waals surface area contributed by atoms with Crippen molar-refractivity contribution in [3.05, 3.63) is 29.8 Å². The molecule has 0 saturated carbocycles. The second-order valence-electron chi connectivity index (χ2n) is 7.32. The van der Waals surface area contributed by atoms with Gasteiger partial charge in [0.25, 0.3) is 0 Å². The van der Waals surface area contributed by atoms with E-state index in [4.69, 9.17) is 4.74 Å². The lowest BCUT2D eigenvalue weighted by Gasteiger charge is -2.30. The monoisotopic (exact) mass is 306 g/mol. The van der Waals surface area contributed by atoms with Crippen LogP contribution in [0.5, 0.6) is 5.75 Å². The van der Waals surface area contributed by atoms with Crippen molar-refractivity contribution in [2.45, 2.75) is 69.8 Å². The molecule has 0 spiro atoms. The van der Waals surface area contributed by atoms with E-state index in [9.17, 15) is 5.11 Å². The van der Waals surface area contributed by atoms with E-state index in [1.165, 1.54) is 24.4 Å². The Labute approximate surface area is 130 Å². The molecular weight excluding hydrogens is 276 g/mol. The molecule has 0 aromatic heterocycles. The maximum Gasteiger partial charge on any atom is 0.115 e. The van der Waals surface area contributed by atoms with Gasteiger partial charge >= 0.3 is 0 Å². The molecule has 0 bridgehead atoms. The van der Waals surface area contributed by atoms with Crippen molar-refractivity contribution in [2.75, 3.05) is 6.61 Å². The number of phenolic OH excluding ortho intramolecular Hbond substituents is 1. The van der Waals surface area contributed by atoms with Crippen LogP contribution in [0.25, 0.3) is 0 Å². The van der Waals surface area contributed by atoms with Crippen LogP contribution in [-0.4, -0.2) is 25.9 Å². The van der Waals surface area contributed by atoms with E-state index in [0.717, 1.165) is 18.6 Å². The maximum atomic E-state index is 9.37. The molecule has 3 heteroatoms. The van der Waals surface area contributed by atoms with Gasteiger partial charge in [-0.25, -0.2) is 0 Å². The van der Waals surface area contributed by atoms with Crippen LogP contribution >= 0.6 is 0 Å². The number of benzene rings is 1. The van der Waals surface area contributed by atoms with Crippen molar-refractivity contribution in [1.29, 1.82) is 0 Å². The first kappa shape index (κ1) is 16.6. The third kappa shape index (κ3) is 4.33. The molecule has 118 valence electrons. The first-order chi connectivity index (χ1) is 9.92. The molecule has 1 saturated heterocycles. The zero-order valence-corrected chi connectivity index (χ0v) is 14.9. The van der Waals surface area contributed by atoms with Gasteiger partial charge in [0.05, 0.1) is 20.8 Å². The Balaban J connectivity index is 1.84. The maximum absolute atomic E-state index is 9.37. The normalized spacial score (nSPS) is 24.2. The Morgan fingerprint density at radius 2 is 1.95 bits per heavy atom. The van der Waals surface area contributed by atoms with E-state index < -0.39 is 8.07 Å². The van der Waals surface area contributed by atoms with Gasteiger partial charge in [0.1, 0.15) is 5.75 Å². The highest BCUT2D eigenvalue weighted by atomic mass is 28.3. The van der Waals surface area contributed by atoms with Crippen molar-refractivity contribution in [2.24, 2.45) is 0 Å². The average molecular weight is 307 g/mol. The van der Waals surface area contributed by atoms with E-state index in [-0.39, 0.29) is 0 Å². The molecule has 1 aromatic carbocycles. The quantitative estimate of drug-likeness (QED) is 0.735. The highest BCUT2D eigenvalue weighted by molar-refractivity contribution is 6.78. The topological polar surface area (TPSA) is 29.5 Å². The fourth-order valence-corrected chi connectivity index (χ4v) is 5.88. The van der Waals surface area contributed by atoms with E-state index in [0.29, 0.717) is 17.8 Å². The predicted molar refractivity (Wildman–Crippen MR) is 91.8 cm³/mol. The molecule has 1 unspecified atom stereocenters. The summed E-state index contributed by atoms with van der Waals surface area (Å²) in [5.41, 5.74) is 2.19. The molecule has 21 heavy (non-hydrogen) atoms. The van der Waals surface area contributed by atoms with Gasteiger partial charge in [-0.1, -0.05) is 51.5 Å². The van der Waals surface area contributed by atoms with Crippen molar-refractivity contribution in [1.82, 2.24) is 0 Å². The molecule has 0 amide bonds. The van der Waals surface area contributed by atoms with Crippen molar-refractivity contribution >= 4 is 8.07 Å². The van der Waals surface area contributed by atoms with Gasteiger partial charge in [-0.05, 0) is 36.1 Å². The number of phenols is 1. The first-order valence-electron chi connectivity index (χ1n) is 8.33. The molecule has 3 atom stereocenters. The Kier molecular flexibility index (Phi) is 5.50. The summed E-state index contributed by atoms with van der Waals surface area (Å²) < 4.78 is 6.02.